The SMILES string of the molecule is C[n+]1ccc2c(ccn2Cc2ccc(C(N)=NN)cc2)c1. The van der Waals surface area contributed by atoms with E-state index in [1.54, 1.807) is 0 Å². The summed E-state index contributed by atoms with van der Waals surface area (Å²) in [6.45, 7) is 0.817. The van der Waals surface area contributed by atoms with Crippen LogP contribution in [0.15, 0.2) is 60.1 Å². The van der Waals surface area contributed by atoms with Crippen LogP contribution in [-0.4, -0.2) is 10.4 Å². The number of hydrazone groups is 1. The number of rotatable bonds is 3. The highest BCUT2D eigenvalue weighted by molar-refractivity contribution is 5.97. The smallest absolute Gasteiger partial charge is 0.177 e. The van der Waals surface area contributed by atoms with Crippen LogP contribution in [-0.2, 0) is 13.6 Å². The molecule has 2 heterocycles. The van der Waals surface area contributed by atoms with Crippen molar-refractivity contribution in [1.29, 1.82) is 0 Å². The number of aromatic nitrogens is 2. The van der Waals surface area contributed by atoms with Gasteiger partial charge < -0.3 is 16.1 Å². The lowest BCUT2D eigenvalue weighted by Gasteiger charge is -2.06. The average molecular weight is 280 g/mol. The first kappa shape index (κ1) is 13.2. The van der Waals surface area contributed by atoms with Gasteiger partial charge in [-0.05, 0) is 11.6 Å². The molecule has 0 saturated heterocycles. The molecular weight excluding hydrogens is 262 g/mol. The number of benzene rings is 1. The second-order valence-corrected chi connectivity index (χ2v) is 5.11. The Kier molecular flexibility index (Phi) is 3.31. The molecule has 0 unspecified atom stereocenters. The molecule has 0 radical (unpaired) electrons. The van der Waals surface area contributed by atoms with Gasteiger partial charge in [0.1, 0.15) is 12.9 Å². The Labute approximate surface area is 123 Å². The number of amidine groups is 1. The predicted molar refractivity (Wildman–Crippen MR) is 83.6 cm³/mol. The molecule has 0 amide bonds. The summed E-state index contributed by atoms with van der Waals surface area (Å²) >= 11 is 0. The van der Waals surface area contributed by atoms with Gasteiger partial charge in [-0.15, -0.1) is 0 Å². The molecule has 3 rings (SSSR count). The van der Waals surface area contributed by atoms with Gasteiger partial charge in [-0.1, -0.05) is 24.3 Å². The number of aryl methyl sites for hydroxylation is 1. The third-order valence-electron chi connectivity index (χ3n) is 3.59. The first-order chi connectivity index (χ1) is 10.2. The predicted octanol–water partition coefficient (Wildman–Crippen LogP) is 1.09. The van der Waals surface area contributed by atoms with E-state index in [0.717, 1.165) is 12.1 Å². The lowest BCUT2D eigenvalue weighted by Crippen LogP contribution is -2.25. The molecule has 1 aromatic carbocycles. The fraction of sp³-hybridized carbons (Fsp3) is 0.125. The molecule has 21 heavy (non-hydrogen) atoms. The number of fused-ring (bicyclic) bond motifs is 1. The van der Waals surface area contributed by atoms with E-state index in [1.807, 2.05) is 31.3 Å². The average Bonchev–Trinajstić information content (AvgIpc) is 2.89. The van der Waals surface area contributed by atoms with Crippen molar-refractivity contribution in [3.63, 3.8) is 0 Å². The standard InChI is InChI=1S/C16H18N5/c1-20-8-7-15-14(11-20)6-9-21(15)10-12-2-4-13(5-3-12)16(17)19-18/h2-9,11H,10,18H2,1H3,(H2,17,19)/q+1. The molecule has 0 fully saturated rings. The van der Waals surface area contributed by atoms with Gasteiger partial charge in [0.15, 0.2) is 12.4 Å². The van der Waals surface area contributed by atoms with Crippen molar-refractivity contribution in [1.82, 2.24) is 4.57 Å². The van der Waals surface area contributed by atoms with Crippen LogP contribution in [0.25, 0.3) is 10.9 Å². The lowest BCUT2D eigenvalue weighted by molar-refractivity contribution is -0.670. The number of nitrogens with zero attached hydrogens (tertiary/aromatic N) is 3. The van der Waals surface area contributed by atoms with Crippen LogP contribution in [0.5, 0.6) is 0 Å². The third-order valence-corrected chi connectivity index (χ3v) is 3.59. The van der Waals surface area contributed by atoms with E-state index in [2.05, 4.69) is 45.0 Å². The second kappa shape index (κ2) is 5.28. The highest BCUT2D eigenvalue weighted by Crippen LogP contribution is 2.15. The number of hydrogen-bond donors (Lipinski definition) is 2. The normalized spacial score (nSPS) is 12.0. The van der Waals surface area contributed by atoms with Gasteiger partial charge in [0.2, 0.25) is 0 Å². The quantitative estimate of drug-likeness (QED) is 0.248. The molecule has 5 heteroatoms. The van der Waals surface area contributed by atoms with Gasteiger partial charge in [-0.3, -0.25) is 0 Å². The Morgan fingerprint density at radius 2 is 1.95 bits per heavy atom. The van der Waals surface area contributed by atoms with E-state index >= 15 is 0 Å². The third kappa shape index (κ3) is 2.58. The van der Waals surface area contributed by atoms with Crippen LogP contribution >= 0.6 is 0 Å². The molecule has 4 N–H and O–H groups in total. The largest absolute Gasteiger partial charge is 0.382 e. The molecule has 0 atom stereocenters. The second-order valence-electron chi connectivity index (χ2n) is 5.11. The molecule has 0 saturated carbocycles. The van der Waals surface area contributed by atoms with Gasteiger partial charge in [0.05, 0.1) is 10.9 Å². The van der Waals surface area contributed by atoms with Crippen LogP contribution in [0.3, 0.4) is 0 Å². The number of pyridine rings is 1. The van der Waals surface area contributed by atoms with Crippen LogP contribution in [0.2, 0.25) is 0 Å². The fourth-order valence-corrected chi connectivity index (χ4v) is 2.44. The zero-order chi connectivity index (χ0) is 14.8. The highest BCUT2D eigenvalue weighted by Gasteiger charge is 2.05. The maximum Gasteiger partial charge on any atom is 0.177 e. The van der Waals surface area contributed by atoms with Crippen LogP contribution in [0.1, 0.15) is 11.1 Å². The van der Waals surface area contributed by atoms with Crippen molar-refractivity contribution in [3.8, 4) is 0 Å². The van der Waals surface area contributed by atoms with Crippen molar-refractivity contribution < 1.29 is 4.57 Å². The van der Waals surface area contributed by atoms with Crippen molar-refractivity contribution in [2.75, 3.05) is 0 Å². The Morgan fingerprint density at radius 3 is 2.67 bits per heavy atom. The van der Waals surface area contributed by atoms with E-state index < -0.39 is 0 Å². The van der Waals surface area contributed by atoms with E-state index in [1.165, 1.54) is 16.5 Å². The van der Waals surface area contributed by atoms with Crippen LogP contribution < -0.4 is 16.1 Å². The van der Waals surface area contributed by atoms with Crippen molar-refractivity contribution in [3.05, 3.63) is 66.1 Å². The summed E-state index contributed by atoms with van der Waals surface area (Å²) in [6, 6.07) is 12.2. The van der Waals surface area contributed by atoms with Gasteiger partial charge in [-0.25, -0.2) is 4.57 Å². The molecule has 3 aromatic rings. The fourth-order valence-electron chi connectivity index (χ4n) is 2.44. The first-order valence-corrected chi connectivity index (χ1v) is 6.74. The Morgan fingerprint density at radius 1 is 1.19 bits per heavy atom. The molecule has 106 valence electrons. The molecule has 5 nitrogen and oxygen atoms in total. The Balaban J connectivity index is 1.88. The van der Waals surface area contributed by atoms with E-state index in [-0.39, 0.29) is 0 Å². The van der Waals surface area contributed by atoms with Gasteiger partial charge in [0, 0.05) is 24.4 Å². The summed E-state index contributed by atoms with van der Waals surface area (Å²) in [5.41, 5.74) is 8.95. The zero-order valence-electron chi connectivity index (χ0n) is 11.9. The molecule has 0 spiro atoms. The topological polar surface area (TPSA) is 73.2 Å². The van der Waals surface area contributed by atoms with Crippen molar-refractivity contribution >= 4 is 16.7 Å². The highest BCUT2D eigenvalue weighted by atomic mass is 15.2. The summed E-state index contributed by atoms with van der Waals surface area (Å²) in [5.74, 6) is 5.53. The van der Waals surface area contributed by atoms with Crippen LogP contribution in [0, 0.1) is 0 Å². The van der Waals surface area contributed by atoms with Crippen molar-refractivity contribution in [2.45, 2.75) is 6.54 Å². The number of nitrogens with two attached hydrogens (primary N) is 2. The van der Waals surface area contributed by atoms with Gasteiger partial charge in [0.25, 0.3) is 0 Å². The minimum Gasteiger partial charge on any atom is -0.382 e. The molecule has 0 bridgehead atoms. The number of hydrogen-bond acceptors (Lipinski definition) is 2. The Hall–Kier alpha value is -2.82. The van der Waals surface area contributed by atoms with E-state index in [9.17, 15) is 0 Å². The van der Waals surface area contributed by atoms with Gasteiger partial charge in [-0.2, -0.15) is 5.10 Å². The van der Waals surface area contributed by atoms with Crippen molar-refractivity contribution in [2.24, 2.45) is 23.7 Å². The van der Waals surface area contributed by atoms with Crippen LogP contribution in [0.4, 0.5) is 0 Å². The van der Waals surface area contributed by atoms with E-state index in [0.29, 0.717) is 5.84 Å². The molecular formula is C16H18N5+. The minimum atomic E-state index is 0.348. The summed E-state index contributed by atoms with van der Waals surface area (Å²) in [4.78, 5) is 0. The lowest BCUT2D eigenvalue weighted by atomic mass is 10.1. The summed E-state index contributed by atoms with van der Waals surface area (Å²) < 4.78 is 4.28. The molecule has 0 aliphatic carbocycles. The summed E-state index contributed by atoms with van der Waals surface area (Å²) in [6.07, 6.45) is 6.28. The maximum absolute atomic E-state index is 5.69. The summed E-state index contributed by atoms with van der Waals surface area (Å²) in [7, 11) is 2.03. The first-order valence-electron chi connectivity index (χ1n) is 6.74. The molecule has 0 aliphatic rings. The molecule has 0 aliphatic heterocycles. The Bertz CT molecular complexity index is 799. The van der Waals surface area contributed by atoms with Gasteiger partial charge >= 0.3 is 0 Å². The monoisotopic (exact) mass is 280 g/mol. The zero-order valence-corrected chi connectivity index (χ0v) is 11.9. The minimum absolute atomic E-state index is 0.348. The summed E-state index contributed by atoms with van der Waals surface area (Å²) in [5, 5.41) is 4.73. The molecule has 2 aromatic heterocycles. The maximum atomic E-state index is 5.69. The van der Waals surface area contributed by atoms with E-state index in [4.69, 9.17) is 11.6 Å².